The van der Waals surface area contributed by atoms with Crippen molar-refractivity contribution in [2.24, 2.45) is 5.92 Å². The lowest BCUT2D eigenvalue weighted by Gasteiger charge is -2.19. The summed E-state index contributed by atoms with van der Waals surface area (Å²) in [5.41, 5.74) is 0.655. The molecule has 1 N–H and O–H groups in total. The minimum atomic E-state index is -0.140. The first-order valence-electron chi connectivity index (χ1n) is 5.82. The van der Waals surface area contributed by atoms with Gasteiger partial charge in [-0.2, -0.15) is 0 Å². The van der Waals surface area contributed by atoms with E-state index in [2.05, 4.69) is 12.2 Å². The number of nitrogens with one attached hydrogen (secondary N) is 1. The summed E-state index contributed by atoms with van der Waals surface area (Å²) in [6.07, 6.45) is 4.89. The van der Waals surface area contributed by atoms with Crippen LogP contribution in [0.1, 0.15) is 32.6 Å². The van der Waals surface area contributed by atoms with Crippen molar-refractivity contribution in [1.29, 1.82) is 0 Å². The third kappa shape index (κ3) is 2.71. The first-order valence-corrected chi connectivity index (χ1v) is 5.82. The standard InChI is InChI=1S/C13H18FN/c1-2-5-12(10-8-9-10)15-13-7-4-3-6-11(13)14/h3-4,6-7,10,12,15H,2,5,8-9H2,1H3. The topological polar surface area (TPSA) is 12.0 Å². The highest BCUT2D eigenvalue weighted by Crippen LogP contribution is 2.36. The van der Waals surface area contributed by atoms with Crippen LogP contribution in [0, 0.1) is 11.7 Å². The number of hydrogen-bond donors (Lipinski definition) is 1. The Balaban J connectivity index is 2.02. The lowest BCUT2D eigenvalue weighted by molar-refractivity contribution is 0.566. The SMILES string of the molecule is CCCC(Nc1ccccc1F)C1CC1. The normalized spacial score (nSPS) is 17.5. The van der Waals surface area contributed by atoms with Gasteiger partial charge >= 0.3 is 0 Å². The van der Waals surface area contributed by atoms with Gasteiger partial charge in [-0.25, -0.2) is 4.39 Å². The Kier molecular flexibility index (Phi) is 3.24. The summed E-state index contributed by atoms with van der Waals surface area (Å²) in [7, 11) is 0. The van der Waals surface area contributed by atoms with Gasteiger partial charge in [0.25, 0.3) is 0 Å². The molecule has 1 aliphatic rings. The Bertz CT molecular complexity index is 320. The van der Waals surface area contributed by atoms with Crippen LogP contribution < -0.4 is 5.32 Å². The van der Waals surface area contributed by atoms with E-state index in [1.54, 1.807) is 6.07 Å². The maximum atomic E-state index is 13.4. The molecule has 0 amide bonds. The zero-order valence-corrected chi connectivity index (χ0v) is 9.17. The first kappa shape index (κ1) is 10.5. The molecule has 1 unspecified atom stereocenters. The van der Waals surface area contributed by atoms with E-state index in [0.29, 0.717) is 11.7 Å². The van der Waals surface area contributed by atoms with Crippen LogP contribution >= 0.6 is 0 Å². The molecule has 1 atom stereocenters. The highest BCUT2D eigenvalue weighted by molar-refractivity contribution is 5.45. The van der Waals surface area contributed by atoms with Crippen molar-refractivity contribution in [1.82, 2.24) is 0 Å². The van der Waals surface area contributed by atoms with Crippen LogP contribution in [-0.2, 0) is 0 Å². The molecular formula is C13H18FN. The van der Waals surface area contributed by atoms with Crippen molar-refractivity contribution in [3.63, 3.8) is 0 Å². The first-order chi connectivity index (χ1) is 7.31. The van der Waals surface area contributed by atoms with Gasteiger partial charge in [0.2, 0.25) is 0 Å². The molecule has 15 heavy (non-hydrogen) atoms. The fourth-order valence-electron chi connectivity index (χ4n) is 2.01. The zero-order chi connectivity index (χ0) is 10.7. The van der Waals surface area contributed by atoms with Crippen LogP contribution in [0.25, 0.3) is 0 Å². The zero-order valence-electron chi connectivity index (χ0n) is 9.17. The molecule has 82 valence electrons. The number of para-hydroxylation sites is 1. The molecule has 1 aromatic rings. The van der Waals surface area contributed by atoms with Gasteiger partial charge in [0.05, 0.1) is 5.69 Å². The largest absolute Gasteiger partial charge is 0.380 e. The summed E-state index contributed by atoms with van der Waals surface area (Å²) in [5, 5.41) is 3.34. The third-order valence-corrected chi connectivity index (χ3v) is 3.01. The van der Waals surface area contributed by atoms with Gasteiger partial charge in [0.1, 0.15) is 5.82 Å². The monoisotopic (exact) mass is 207 g/mol. The van der Waals surface area contributed by atoms with E-state index in [4.69, 9.17) is 0 Å². The van der Waals surface area contributed by atoms with Crippen molar-refractivity contribution >= 4 is 5.69 Å². The molecule has 1 aromatic carbocycles. The molecule has 0 heterocycles. The Labute approximate surface area is 90.7 Å². The second-order valence-corrected chi connectivity index (χ2v) is 4.36. The fourth-order valence-corrected chi connectivity index (χ4v) is 2.01. The second kappa shape index (κ2) is 4.65. The van der Waals surface area contributed by atoms with Gasteiger partial charge < -0.3 is 5.32 Å². The van der Waals surface area contributed by atoms with Crippen molar-refractivity contribution in [3.05, 3.63) is 30.1 Å². The Morgan fingerprint density at radius 1 is 1.40 bits per heavy atom. The van der Waals surface area contributed by atoms with Crippen molar-refractivity contribution in [3.8, 4) is 0 Å². The van der Waals surface area contributed by atoms with Crippen LogP contribution in [0.4, 0.5) is 10.1 Å². The maximum Gasteiger partial charge on any atom is 0.146 e. The van der Waals surface area contributed by atoms with E-state index in [1.807, 2.05) is 12.1 Å². The number of hydrogen-bond acceptors (Lipinski definition) is 1. The Morgan fingerprint density at radius 3 is 2.73 bits per heavy atom. The minimum Gasteiger partial charge on any atom is -0.380 e. The smallest absolute Gasteiger partial charge is 0.146 e. The highest BCUT2D eigenvalue weighted by Gasteiger charge is 2.30. The lowest BCUT2D eigenvalue weighted by atomic mass is 10.1. The molecule has 2 heteroatoms. The molecule has 0 aromatic heterocycles. The maximum absolute atomic E-state index is 13.4. The number of halogens is 1. The molecule has 0 radical (unpaired) electrons. The van der Waals surface area contributed by atoms with E-state index in [9.17, 15) is 4.39 Å². The summed E-state index contributed by atoms with van der Waals surface area (Å²) in [4.78, 5) is 0. The summed E-state index contributed by atoms with van der Waals surface area (Å²) in [6, 6.07) is 7.40. The summed E-state index contributed by atoms with van der Waals surface area (Å²) < 4.78 is 13.4. The van der Waals surface area contributed by atoms with Crippen molar-refractivity contribution in [2.45, 2.75) is 38.6 Å². The van der Waals surface area contributed by atoms with Crippen LogP contribution in [0.15, 0.2) is 24.3 Å². The molecule has 1 saturated carbocycles. The third-order valence-electron chi connectivity index (χ3n) is 3.01. The molecule has 1 fully saturated rings. The molecule has 1 aliphatic carbocycles. The van der Waals surface area contributed by atoms with Gasteiger partial charge in [-0.15, -0.1) is 0 Å². The van der Waals surface area contributed by atoms with Crippen LogP contribution in [-0.4, -0.2) is 6.04 Å². The summed E-state index contributed by atoms with van der Waals surface area (Å²) >= 11 is 0. The van der Waals surface area contributed by atoms with Crippen LogP contribution in [0.2, 0.25) is 0 Å². The van der Waals surface area contributed by atoms with E-state index in [1.165, 1.54) is 18.9 Å². The van der Waals surface area contributed by atoms with E-state index < -0.39 is 0 Å². The van der Waals surface area contributed by atoms with Crippen LogP contribution in [0.5, 0.6) is 0 Å². The second-order valence-electron chi connectivity index (χ2n) is 4.36. The Morgan fingerprint density at radius 2 is 2.13 bits per heavy atom. The highest BCUT2D eigenvalue weighted by atomic mass is 19.1. The molecule has 1 nitrogen and oxygen atoms in total. The molecule has 0 spiro atoms. The van der Waals surface area contributed by atoms with E-state index >= 15 is 0 Å². The van der Waals surface area contributed by atoms with E-state index in [-0.39, 0.29) is 5.82 Å². The van der Waals surface area contributed by atoms with E-state index in [0.717, 1.165) is 18.8 Å². The Hall–Kier alpha value is -1.05. The van der Waals surface area contributed by atoms with Gasteiger partial charge in [-0.1, -0.05) is 25.5 Å². The molecule has 0 saturated heterocycles. The van der Waals surface area contributed by atoms with Gasteiger partial charge in [0, 0.05) is 6.04 Å². The summed E-state index contributed by atoms with van der Waals surface area (Å²) in [6.45, 7) is 2.18. The van der Waals surface area contributed by atoms with Crippen LogP contribution in [0.3, 0.4) is 0 Å². The summed E-state index contributed by atoms with van der Waals surface area (Å²) in [5.74, 6) is 0.629. The number of anilines is 1. The minimum absolute atomic E-state index is 0.140. The molecule has 2 rings (SSSR count). The van der Waals surface area contributed by atoms with Gasteiger partial charge in [0.15, 0.2) is 0 Å². The lowest BCUT2D eigenvalue weighted by Crippen LogP contribution is -2.22. The predicted octanol–water partition coefficient (Wildman–Crippen LogP) is 3.82. The average Bonchev–Trinajstić information content (AvgIpc) is 3.04. The number of rotatable bonds is 5. The van der Waals surface area contributed by atoms with Gasteiger partial charge in [-0.3, -0.25) is 0 Å². The fraction of sp³-hybridized carbons (Fsp3) is 0.538. The molecular weight excluding hydrogens is 189 g/mol. The molecule has 0 aliphatic heterocycles. The van der Waals surface area contributed by atoms with Crippen molar-refractivity contribution < 1.29 is 4.39 Å². The molecule has 0 bridgehead atoms. The van der Waals surface area contributed by atoms with Gasteiger partial charge in [-0.05, 0) is 37.3 Å². The predicted molar refractivity (Wildman–Crippen MR) is 61.4 cm³/mol. The van der Waals surface area contributed by atoms with Crippen molar-refractivity contribution in [2.75, 3.05) is 5.32 Å². The quantitative estimate of drug-likeness (QED) is 0.774. The average molecular weight is 207 g/mol. The number of benzene rings is 1.